The van der Waals surface area contributed by atoms with Crippen molar-refractivity contribution in [2.24, 2.45) is 5.92 Å². The Labute approximate surface area is 124 Å². The maximum Gasteiger partial charge on any atom is 0.299 e. The molecular formula is C16H18ClNO2. The third-order valence-electron chi connectivity index (χ3n) is 3.07. The molecule has 0 aliphatic rings. The first-order valence-corrected chi connectivity index (χ1v) is 6.96. The van der Waals surface area contributed by atoms with Gasteiger partial charge in [0.15, 0.2) is 0 Å². The normalized spacial score (nSPS) is 10.8. The number of halogens is 1. The molecule has 4 heteroatoms. The summed E-state index contributed by atoms with van der Waals surface area (Å²) < 4.78 is 7.21. The molecule has 0 fully saturated rings. The number of nitrogens with zero attached hydrogens (tertiary/aromatic N) is 1. The Balaban J connectivity index is 2.53. The van der Waals surface area contributed by atoms with Crippen LogP contribution in [0.1, 0.15) is 19.4 Å². The quantitative estimate of drug-likeness (QED) is 0.769. The maximum atomic E-state index is 10.8. The zero-order chi connectivity index (χ0) is 14.7. The average Bonchev–Trinajstić information content (AvgIpc) is 2.67. The van der Waals surface area contributed by atoms with Crippen molar-refractivity contribution in [3.8, 4) is 17.0 Å². The van der Waals surface area contributed by atoms with Gasteiger partial charge in [-0.1, -0.05) is 37.6 Å². The smallest absolute Gasteiger partial charge is 0.299 e. The Hall–Kier alpha value is -1.74. The van der Waals surface area contributed by atoms with Gasteiger partial charge in [0.25, 0.3) is 6.47 Å². The highest BCUT2D eigenvalue weighted by molar-refractivity contribution is 6.30. The van der Waals surface area contributed by atoms with Crippen molar-refractivity contribution in [3.05, 3.63) is 41.0 Å². The number of aryl methyl sites for hydroxylation is 1. The van der Waals surface area contributed by atoms with Crippen LogP contribution in [-0.2, 0) is 11.3 Å². The molecule has 2 rings (SSSR count). The molecule has 0 spiro atoms. The number of aromatic nitrogens is 1. The number of rotatable bonds is 5. The minimum absolute atomic E-state index is 0.467. The molecule has 0 saturated carbocycles. The molecule has 0 amide bonds. The predicted molar refractivity (Wildman–Crippen MR) is 81.1 cm³/mol. The number of benzene rings is 1. The van der Waals surface area contributed by atoms with Gasteiger partial charge in [-0.15, -0.1) is 0 Å². The van der Waals surface area contributed by atoms with E-state index < -0.39 is 0 Å². The van der Waals surface area contributed by atoms with E-state index in [0.717, 1.165) is 23.2 Å². The molecule has 20 heavy (non-hydrogen) atoms. The summed E-state index contributed by atoms with van der Waals surface area (Å²) >= 11 is 5.92. The highest BCUT2D eigenvalue weighted by Crippen LogP contribution is 2.36. The first-order valence-electron chi connectivity index (χ1n) is 6.59. The van der Waals surface area contributed by atoms with Gasteiger partial charge in [0.05, 0.1) is 0 Å². The Morgan fingerprint density at radius 2 is 1.95 bits per heavy atom. The lowest BCUT2D eigenvalue weighted by Gasteiger charge is -2.11. The Morgan fingerprint density at radius 3 is 2.50 bits per heavy atom. The van der Waals surface area contributed by atoms with Crippen LogP contribution >= 0.6 is 11.6 Å². The average molecular weight is 292 g/mol. The van der Waals surface area contributed by atoms with E-state index in [4.69, 9.17) is 16.3 Å². The number of carbonyl (C=O) groups excluding carboxylic acids is 1. The molecular weight excluding hydrogens is 274 g/mol. The van der Waals surface area contributed by atoms with Gasteiger partial charge >= 0.3 is 0 Å². The van der Waals surface area contributed by atoms with E-state index in [1.54, 1.807) is 0 Å². The van der Waals surface area contributed by atoms with Gasteiger partial charge in [-0.2, -0.15) is 0 Å². The van der Waals surface area contributed by atoms with Crippen LogP contribution in [0, 0.1) is 12.8 Å². The van der Waals surface area contributed by atoms with Crippen LogP contribution in [-0.4, -0.2) is 11.0 Å². The first kappa shape index (κ1) is 14.7. The second kappa shape index (κ2) is 6.14. The number of carbonyl (C=O) groups is 1. The molecule has 1 heterocycles. The van der Waals surface area contributed by atoms with Crippen LogP contribution in [0.25, 0.3) is 11.1 Å². The largest absolute Gasteiger partial charge is 0.411 e. The molecule has 1 aromatic carbocycles. The fraction of sp³-hybridized carbons (Fsp3) is 0.312. The van der Waals surface area contributed by atoms with Gasteiger partial charge in [0.2, 0.25) is 5.88 Å². The van der Waals surface area contributed by atoms with Crippen LogP contribution in [0.2, 0.25) is 5.02 Å². The summed E-state index contributed by atoms with van der Waals surface area (Å²) in [7, 11) is 0. The zero-order valence-electron chi connectivity index (χ0n) is 11.9. The fourth-order valence-corrected chi connectivity index (χ4v) is 2.46. The topological polar surface area (TPSA) is 31.2 Å². The molecule has 0 radical (unpaired) electrons. The molecule has 0 N–H and O–H groups in total. The Kier molecular flexibility index (Phi) is 4.50. The van der Waals surface area contributed by atoms with Gasteiger partial charge in [-0.3, -0.25) is 4.79 Å². The SMILES string of the molecule is Cc1cn(CC(C)C)c(OC=O)c1-c1ccc(Cl)cc1. The van der Waals surface area contributed by atoms with E-state index in [1.165, 1.54) is 0 Å². The lowest BCUT2D eigenvalue weighted by Crippen LogP contribution is -2.06. The maximum absolute atomic E-state index is 10.8. The van der Waals surface area contributed by atoms with Crippen LogP contribution in [0.5, 0.6) is 5.88 Å². The van der Waals surface area contributed by atoms with Gasteiger partial charge in [-0.25, -0.2) is 0 Å². The minimum Gasteiger partial charge on any atom is -0.411 e. The molecule has 0 atom stereocenters. The number of ether oxygens (including phenoxy) is 1. The van der Waals surface area contributed by atoms with Crippen molar-refractivity contribution in [3.63, 3.8) is 0 Å². The highest BCUT2D eigenvalue weighted by atomic mass is 35.5. The van der Waals surface area contributed by atoms with Crippen molar-refractivity contribution in [1.29, 1.82) is 0 Å². The van der Waals surface area contributed by atoms with Crippen LogP contribution in [0.15, 0.2) is 30.5 Å². The standard InChI is InChI=1S/C16H18ClNO2/c1-11(2)8-18-9-12(3)15(16(18)20-10-19)13-4-6-14(17)7-5-13/h4-7,9-11H,8H2,1-3H3. The van der Waals surface area contributed by atoms with Crippen molar-refractivity contribution in [1.82, 2.24) is 4.57 Å². The van der Waals surface area contributed by atoms with E-state index in [-0.39, 0.29) is 0 Å². The minimum atomic E-state index is 0.467. The third-order valence-corrected chi connectivity index (χ3v) is 3.33. The van der Waals surface area contributed by atoms with Gasteiger partial charge < -0.3 is 9.30 Å². The second-order valence-corrected chi connectivity index (χ2v) is 5.70. The van der Waals surface area contributed by atoms with Crippen LogP contribution in [0.4, 0.5) is 0 Å². The molecule has 0 bridgehead atoms. The zero-order valence-corrected chi connectivity index (χ0v) is 12.6. The lowest BCUT2D eigenvalue weighted by molar-refractivity contribution is -0.121. The fourth-order valence-electron chi connectivity index (χ4n) is 2.34. The Morgan fingerprint density at radius 1 is 1.30 bits per heavy atom. The van der Waals surface area contributed by atoms with E-state index in [9.17, 15) is 4.79 Å². The molecule has 3 nitrogen and oxygen atoms in total. The summed E-state index contributed by atoms with van der Waals surface area (Å²) in [6, 6.07) is 7.53. The molecule has 0 aliphatic heterocycles. The van der Waals surface area contributed by atoms with Gasteiger partial charge in [-0.05, 0) is 36.1 Å². The summed E-state index contributed by atoms with van der Waals surface area (Å²) in [6.45, 7) is 7.55. The van der Waals surface area contributed by atoms with Crippen molar-refractivity contribution in [2.75, 3.05) is 0 Å². The van der Waals surface area contributed by atoms with Crippen LogP contribution < -0.4 is 4.74 Å². The number of hydrogen-bond acceptors (Lipinski definition) is 2. The van der Waals surface area contributed by atoms with Crippen molar-refractivity contribution < 1.29 is 9.53 Å². The second-order valence-electron chi connectivity index (χ2n) is 5.26. The first-order chi connectivity index (χ1) is 9.52. The summed E-state index contributed by atoms with van der Waals surface area (Å²) in [5.74, 6) is 1.06. The third kappa shape index (κ3) is 3.05. The summed E-state index contributed by atoms with van der Waals surface area (Å²) in [5.41, 5.74) is 3.01. The molecule has 0 unspecified atom stereocenters. The van der Waals surface area contributed by atoms with Gasteiger partial charge in [0, 0.05) is 23.3 Å². The molecule has 0 saturated heterocycles. The molecule has 0 aliphatic carbocycles. The van der Waals surface area contributed by atoms with Crippen molar-refractivity contribution >= 4 is 18.1 Å². The predicted octanol–water partition coefficient (Wildman–Crippen LogP) is 4.31. The summed E-state index contributed by atoms with van der Waals surface area (Å²) in [5, 5.41) is 0.686. The summed E-state index contributed by atoms with van der Waals surface area (Å²) in [4.78, 5) is 10.8. The van der Waals surface area contributed by atoms with Gasteiger partial charge in [0.1, 0.15) is 0 Å². The molecule has 106 valence electrons. The van der Waals surface area contributed by atoms with E-state index in [0.29, 0.717) is 23.3 Å². The Bertz CT molecular complexity index is 600. The van der Waals surface area contributed by atoms with Crippen molar-refractivity contribution in [2.45, 2.75) is 27.3 Å². The number of hydrogen-bond donors (Lipinski definition) is 0. The van der Waals surface area contributed by atoms with E-state index in [2.05, 4.69) is 13.8 Å². The highest BCUT2D eigenvalue weighted by Gasteiger charge is 2.17. The van der Waals surface area contributed by atoms with E-state index >= 15 is 0 Å². The van der Waals surface area contributed by atoms with Crippen LogP contribution in [0.3, 0.4) is 0 Å². The monoisotopic (exact) mass is 291 g/mol. The summed E-state index contributed by atoms with van der Waals surface area (Å²) in [6.07, 6.45) is 2.02. The lowest BCUT2D eigenvalue weighted by atomic mass is 10.1. The van der Waals surface area contributed by atoms with E-state index in [1.807, 2.05) is 42.0 Å². The molecule has 2 aromatic rings. The molecule has 1 aromatic heterocycles.